The average molecular weight is 278 g/mol. The second-order valence-electron chi connectivity index (χ2n) is 4.18. The Morgan fingerprint density at radius 1 is 1.25 bits per heavy atom. The first-order chi connectivity index (χ1) is 9.34. The molecular weight excluding hydrogens is 269 g/mol. The summed E-state index contributed by atoms with van der Waals surface area (Å²) in [5.74, 6) is 0.148. The van der Waals surface area contributed by atoms with Crippen LogP contribution in [0.15, 0.2) is 18.3 Å². The molecule has 1 unspecified atom stereocenters. The van der Waals surface area contributed by atoms with E-state index in [-0.39, 0.29) is 12.2 Å². The van der Waals surface area contributed by atoms with Crippen LogP contribution in [0.4, 0.5) is 19.0 Å². The minimum Gasteiger partial charge on any atom is -0.361 e. The lowest BCUT2D eigenvalue weighted by atomic mass is 9.89. The number of nitrogens with zero attached hydrogens (tertiary/aromatic N) is 4. The summed E-state index contributed by atoms with van der Waals surface area (Å²) in [6.07, 6.45) is -5.01. The van der Waals surface area contributed by atoms with Crippen LogP contribution in [0.1, 0.15) is 18.4 Å². The first-order valence-electron chi connectivity index (χ1n) is 5.53. The molecule has 0 aliphatic heterocycles. The molecule has 0 fully saturated rings. The molecule has 0 amide bonds. The van der Waals surface area contributed by atoms with Crippen molar-refractivity contribution < 1.29 is 13.2 Å². The molecule has 0 spiro atoms. The number of pyridine rings is 1. The van der Waals surface area contributed by atoms with Crippen LogP contribution in [0.3, 0.4) is 0 Å². The monoisotopic (exact) mass is 278 g/mol. The van der Waals surface area contributed by atoms with Crippen molar-refractivity contribution >= 4 is 5.82 Å². The predicted octanol–water partition coefficient (Wildman–Crippen LogP) is 3.70. The summed E-state index contributed by atoms with van der Waals surface area (Å²) in [7, 11) is 0. The van der Waals surface area contributed by atoms with Gasteiger partial charge in [-0.05, 0) is 6.07 Å². The molecule has 1 aromatic heterocycles. The van der Waals surface area contributed by atoms with Gasteiger partial charge in [0.1, 0.15) is 6.20 Å². The van der Waals surface area contributed by atoms with E-state index in [9.17, 15) is 13.2 Å². The lowest BCUT2D eigenvalue weighted by Crippen LogP contribution is -2.28. The van der Waals surface area contributed by atoms with Gasteiger partial charge in [0.05, 0.1) is 12.8 Å². The van der Waals surface area contributed by atoms with Gasteiger partial charge >= 0.3 is 11.7 Å². The van der Waals surface area contributed by atoms with Crippen LogP contribution in [0.5, 0.6) is 0 Å². The fourth-order valence-corrected chi connectivity index (χ4v) is 1.58. The fourth-order valence-electron chi connectivity index (χ4n) is 1.58. The standard InChI is InChI=1S/C13H9F3N4/c1-18-11-4-3-10(8-20-11)7-12(9-17,19-2)5-6-13(14,15)16/h3-4,8H,5-7H2. The Morgan fingerprint density at radius 3 is 2.35 bits per heavy atom. The Labute approximate surface area is 114 Å². The third kappa shape index (κ3) is 4.26. The Balaban J connectivity index is 2.89. The van der Waals surface area contributed by atoms with Crippen LogP contribution in [-0.2, 0) is 6.42 Å². The first-order valence-corrected chi connectivity index (χ1v) is 5.53. The number of alkyl halides is 3. The molecule has 7 heteroatoms. The molecule has 1 aromatic rings. The number of aromatic nitrogens is 1. The van der Waals surface area contributed by atoms with E-state index in [1.165, 1.54) is 18.3 Å². The average Bonchev–Trinajstić information content (AvgIpc) is 2.43. The minimum atomic E-state index is -4.40. The van der Waals surface area contributed by atoms with Gasteiger partial charge in [-0.1, -0.05) is 12.6 Å². The molecule has 0 saturated heterocycles. The van der Waals surface area contributed by atoms with Crippen molar-refractivity contribution in [3.8, 4) is 6.07 Å². The predicted molar refractivity (Wildman–Crippen MR) is 64.4 cm³/mol. The van der Waals surface area contributed by atoms with Gasteiger partial charge in [-0.15, -0.1) is 4.98 Å². The Kier molecular flexibility index (Phi) is 4.67. The van der Waals surface area contributed by atoms with E-state index >= 15 is 0 Å². The molecule has 1 atom stereocenters. The number of nitriles is 1. The van der Waals surface area contributed by atoms with Crippen molar-refractivity contribution in [1.29, 1.82) is 5.26 Å². The van der Waals surface area contributed by atoms with Crippen LogP contribution in [-0.4, -0.2) is 16.7 Å². The maximum absolute atomic E-state index is 12.2. The van der Waals surface area contributed by atoms with Crippen LogP contribution < -0.4 is 0 Å². The van der Waals surface area contributed by atoms with Crippen molar-refractivity contribution in [2.45, 2.75) is 31.0 Å². The van der Waals surface area contributed by atoms with Crippen LogP contribution in [0.2, 0.25) is 0 Å². The van der Waals surface area contributed by atoms with E-state index < -0.39 is 24.6 Å². The van der Waals surface area contributed by atoms with E-state index in [2.05, 4.69) is 14.7 Å². The molecule has 0 radical (unpaired) electrons. The minimum absolute atomic E-state index is 0.144. The lowest BCUT2D eigenvalue weighted by molar-refractivity contribution is -0.136. The summed E-state index contributed by atoms with van der Waals surface area (Å²) in [6, 6.07) is 4.56. The Bertz CT molecular complexity index is 571. The molecule has 0 saturated carbocycles. The quantitative estimate of drug-likeness (QED) is 0.788. The maximum Gasteiger partial charge on any atom is 0.389 e. The van der Waals surface area contributed by atoms with Crippen LogP contribution >= 0.6 is 0 Å². The van der Waals surface area contributed by atoms with Gasteiger partial charge in [-0.3, -0.25) is 4.85 Å². The molecule has 0 aliphatic rings. The van der Waals surface area contributed by atoms with Gasteiger partial charge in [0.25, 0.3) is 5.82 Å². The molecule has 102 valence electrons. The number of hydrogen-bond acceptors (Lipinski definition) is 2. The zero-order valence-electron chi connectivity index (χ0n) is 10.3. The van der Waals surface area contributed by atoms with Crippen molar-refractivity contribution in [3.05, 3.63) is 46.7 Å². The maximum atomic E-state index is 12.2. The zero-order valence-corrected chi connectivity index (χ0v) is 10.3. The molecule has 0 N–H and O–H groups in total. The third-order valence-corrected chi connectivity index (χ3v) is 2.66. The van der Waals surface area contributed by atoms with Crippen molar-refractivity contribution in [1.82, 2.24) is 4.98 Å². The fraction of sp³-hybridized carbons (Fsp3) is 0.385. The number of halogens is 3. The summed E-state index contributed by atoms with van der Waals surface area (Å²) in [4.78, 5) is 9.93. The molecule has 0 bridgehead atoms. The highest BCUT2D eigenvalue weighted by atomic mass is 19.4. The first kappa shape index (κ1) is 15.5. The van der Waals surface area contributed by atoms with E-state index in [1.807, 2.05) is 0 Å². The van der Waals surface area contributed by atoms with Crippen molar-refractivity contribution in [3.63, 3.8) is 0 Å². The second-order valence-corrected chi connectivity index (χ2v) is 4.18. The molecule has 4 nitrogen and oxygen atoms in total. The third-order valence-electron chi connectivity index (χ3n) is 2.66. The smallest absolute Gasteiger partial charge is 0.361 e. The highest BCUT2D eigenvalue weighted by molar-refractivity contribution is 5.37. The SMILES string of the molecule is [C-]#[N+]c1ccc(CC(C#N)(CCC(F)(F)F)[N+]#[C-])cn1. The molecule has 1 rings (SSSR count). The van der Waals surface area contributed by atoms with Gasteiger partial charge in [-0.2, -0.15) is 18.4 Å². The highest BCUT2D eigenvalue weighted by Gasteiger charge is 2.42. The summed E-state index contributed by atoms with van der Waals surface area (Å²) in [5.41, 5.74) is -1.30. The molecule has 0 aliphatic carbocycles. The van der Waals surface area contributed by atoms with Crippen molar-refractivity contribution in [2.75, 3.05) is 0 Å². The van der Waals surface area contributed by atoms with Gasteiger partial charge in [0.15, 0.2) is 6.07 Å². The van der Waals surface area contributed by atoms with Gasteiger partial charge in [0.2, 0.25) is 0 Å². The lowest BCUT2D eigenvalue weighted by Gasteiger charge is -2.15. The second kappa shape index (κ2) is 6.04. The number of hydrogen-bond donors (Lipinski definition) is 0. The number of rotatable bonds is 4. The molecule has 0 aromatic carbocycles. The van der Waals surface area contributed by atoms with E-state index in [1.54, 1.807) is 6.07 Å². The largest absolute Gasteiger partial charge is 0.389 e. The summed E-state index contributed by atoms with van der Waals surface area (Å²) < 4.78 is 36.7. The van der Waals surface area contributed by atoms with Gasteiger partial charge in [0, 0.05) is 12.0 Å². The molecule has 20 heavy (non-hydrogen) atoms. The summed E-state index contributed by atoms with van der Waals surface area (Å²) in [5, 5.41) is 9.04. The normalized spacial score (nSPS) is 13.6. The zero-order chi connectivity index (χ0) is 15.2. The molecular formula is C13H9F3N4. The van der Waals surface area contributed by atoms with Gasteiger partial charge < -0.3 is 4.85 Å². The molecule has 1 heterocycles. The van der Waals surface area contributed by atoms with E-state index in [4.69, 9.17) is 18.4 Å². The van der Waals surface area contributed by atoms with E-state index in [0.29, 0.717) is 5.56 Å². The Morgan fingerprint density at radius 2 is 1.95 bits per heavy atom. The Hall–Kier alpha value is -2.59. The van der Waals surface area contributed by atoms with E-state index in [0.717, 1.165) is 0 Å². The van der Waals surface area contributed by atoms with Crippen LogP contribution in [0.25, 0.3) is 9.69 Å². The summed E-state index contributed by atoms with van der Waals surface area (Å²) >= 11 is 0. The summed E-state index contributed by atoms with van der Waals surface area (Å²) in [6.45, 7) is 13.7. The highest BCUT2D eigenvalue weighted by Crippen LogP contribution is 2.30. The van der Waals surface area contributed by atoms with Crippen molar-refractivity contribution in [2.24, 2.45) is 0 Å². The van der Waals surface area contributed by atoms with Gasteiger partial charge in [-0.25, -0.2) is 6.57 Å². The van der Waals surface area contributed by atoms with Crippen LogP contribution in [0, 0.1) is 24.5 Å². The topological polar surface area (TPSA) is 45.4 Å².